The lowest BCUT2D eigenvalue weighted by molar-refractivity contribution is -0.123. The SMILES string of the molecule is CCc1ccc(N2C(=O)CN(Cc3ccc(F)cc3)[C@H]3CS(=O)(=O)C[C@H]32)cc1. The summed E-state index contributed by atoms with van der Waals surface area (Å²) >= 11 is 0. The summed E-state index contributed by atoms with van der Waals surface area (Å²) in [4.78, 5) is 16.6. The highest BCUT2D eigenvalue weighted by Crippen LogP contribution is 2.32. The molecular formula is C21H23FN2O3S. The minimum absolute atomic E-state index is 0.0289. The van der Waals surface area contributed by atoms with Crippen molar-refractivity contribution in [2.75, 3.05) is 23.0 Å². The summed E-state index contributed by atoms with van der Waals surface area (Å²) in [6.45, 7) is 2.63. The number of halogens is 1. The second-order valence-corrected chi connectivity index (χ2v) is 9.68. The van der Waals surface area contributed by atoms with Crippen LogP contribution in [0.1, 0.15) is 18.1 Å². The molecule has 0 spiro atoms. The molecule has 1 amide bonds. The molecule has 5 nitrogen and oxygen atoms in total. The molecule has 2 saturated heterocycles. The van der Waals surface area contributed by atoms with Crippen LogP contribution in [0.25, 0.3) is 0 Å². The van der Waals surface area contributed by atoms with Gasteiger partial charge < -0.3 is 4.90 Å². The molecule has 0 aromatic heterocycles. The Bertz CT molecular complexity index is 974. The molecule has 0 aliphatic carbocycles. The third-order valence-corrected chi connectivity index (χ3v) is 7.32. The molecule has 0 N–H and O–H groups in total. The standard InChI is InChI=1S/C21H23FN2O3S/c1-2-15-5-9-18(10-6-15)24-20-14-28(26,27)13-19(20)23(12-21(24)25)11-16-3-7-17(22)8-4-16/h3-10,19-20H,2,11-14H2,1H3/t19-,20+/m0/s1. The van der Waals surface area contributed by atoms with E-state index in [1.54, 1.807) is 17.0 Å². The quantitative estimate of drug-likeness (QED) is 0.788. The van der Waals surface area contributed by atoms with E-state index in [2.05, 4.69) is 6.92 Å². The third kappa shape index (κ3) is 3.69. The molecule has 2 fully saturated rings. The monoisotopic (exact) mass is 402 g/mol. The Kier molecular flexibility index (Phi) is 4.97. The van der Waals surface area contributed by atoms with Gasteiger partial charge in [-0.15, -0.1) is 0 Å². The van der Waals surface area contributed by atoms with Crippen LogP contribution in [0.2, 0.25) is 0 Å². The van der Waals surface area contributed by atoms with Crippen LogP contribution < -0.4 is 4.90 Å². The number of anilines is 1. The van der Waals surface area contributed by atoms with Crippen LogP contribution in [0.4, 0.5) is 10.1 Å². The van der Waals surface area contributed by atoms with E-state index in [1.165, 1.54) is 17.7 Å². The van der Waals surface area contributed by atoms with Crippen molar-refractivity contribution >= 4 is 21.4 Å². The van der Waals surface area contributed by atoms with Crippen molar-refractivity contribution in [3.8, 4) is 0 Å². The zero-order valence-corrected chi connectivity index (χ0v) is 16.5. The van der Waals surface area contributed by atoms with Crippen LogP contribution in [0.3, 0.4) is 0 Å². The van der Waals surface area contributed by atoms with Crippen molar-refractivity contribution in [1.82, 2.24) is 4.90 Å². The number of sulfone groups is 1. The number of hydrogen-bond donors (Lipinski definition) is 0. The number of piperazine rings is 1. The molecule has 2 atom stereocenters. The van der Waals surface area contributed by atoms with E-state index in [0.29, 0.717) is 6.54 Å². The zero-order chi connectivity index (χ0) is 19.9. The molecule has 2 aliphatic rings. The Morgan fingerprint density at radius 2 is 1.57 bits per heavy atom. The molecule has 2 aromatic rings. The van der Waals surface area contributed by atoms with Gasteiger partial charge in [0.25, 0.3) is 0 Å². The normalized spacial score (nSPS) is 24.4. The fourth-order valence-corrected chi connectivity index (χ4v) is 6.16. The maximum absolute atomic E-state index is 13.2. The number of rotatable bonds is 4. The molecule has 2 heterocycles. The number of hydrogen-bond acceptors (Lipinski definition) is 4. The second kappa shape index (κ2) is 7.29. The van der Waals surface area contributed by atoms with E-state index >= 15 is 0 Å². The van der Waals surface area contributed by atoms with E-state index in [9.17, 15) is 17.6 Å². The molecule has 28 heavy (non-hydrogen) atoms. The van der Waals surface area contributed by atoms with Gasteiger partial charge in [-0.2, -0.15) is 0 Å². The number of carbonyl (C=O) groups excluding carboxylic acids is 1. The summed E-state index contributed by atoms with van der Waals surface area (Å²) in [6, 6.07) is 13.2. The molecule has 0 saturated carbocycles. The molecule has 7 heteroatoms. The van der Waals surface area contributed by atoms with Gasteiger partial charge in [-0.1, -0.05) is 31.2 Å². The third-order valence-electron chi connectivity index (χ3n) is 5.62. The van der Waals surface area contributed by atoms with Crippen LogP contribution in [-0.2, 0) is 27.6 Å². The van der Waals surface area contributed by atoms with E-state index in [0.717, 1.165) is 17.7 Å². The average molecular weight is 402 g/mol. The lowest BCUT2D eigenvalue weighted by Crippen LogP contribution is -2.61. The van der Waals surface area contributed by atoms with E-state index in [4.69, 9.17) is 0 Å². The first-order valence-corrected chi connectivity index (χ1v) is 11.3. The highest BCUT2D eigenvalue weighted by molar-refractivity contribution is 7.91. The Morgan fingerprint density at radius 1 is 0.964 bits per heavy atom. The molecule has 0 radical (unpaired) electrons. The number of benzene rings is 2. The summed E-state index contributed by atoms with van der Waals surface area (Å²) in [5, 5.41) is 0. The first-order valence-electron chi connectivity index (χ1n) is 9.46. The number of aryl methyl sites for hydroxylation is 1. The first kappa shape index (κ1) is 19.1. The van der Waals surface area contributed by atoms with Crippen molar-refractivity contribution in [2.45, 2.75) is 32.0 Å². The predicted octanol–water partition coefficient (Wildman–Crippen LogP) is 2.40. The van der Waals surface area contributed by atoms with Gasteiger partial charge in [0.15, 0.2) is 9.84 Å². The summed E-state index contributed by atoms with van der Waals surface area (Å²) in [5.74, 6) is -0.416. The van der Waals surface area contributed by atoms with Crippen LogP contribution in [0.5, 0.6) is 0 Å². The molecule has 0 unspecified atom stereocenters. The fraction of sp³-hybridized carbons (Fsp3) is 0.381. The molecular weight excluding hydrogens is 379 g/mol. The molecule has 148 valence electrons. The lowest BCUT2D eigenvalue weighted by Gasteiger charge is -2.43. The van der Waals surface area contributed by atoms with Crippen LogP contribution in [-0.4, -0.2) is 49.4 Å². The van der Waals surface area contributed by atoms with Crippen LogP contribution in [0.15, 0.2) is 48.5 Å². The average Bonchev–Trinajstić information content (AvgIpc) is 2.99. The Morgan fingerprint density at radius 3 is 2.21 bits per heavy atom. The van der Waals surface area contributed by atoms with Crippen molar-refractivity contribution < 1.29 is 17.6 Å². The Hall–Kier alpha value is -2.25. The van der Waals surface area contributed by atoms with Gasteiger partial charge in [0.1, 0.15) is 5.82 Å². The van der Waals surface area contributed by atoms with Gasteiger partial charge in [0.05, 0.1) is 24.1 Å². The Labute approximate surface area is 164 Å². The van der Waals surface area contributed by atoms with Gasteiger partial charge in [-0.3, -0.25) is 9.69 Å². The van der Waals surface area contributed by atoms with Gasteiger partial charge in [-0.05, 0) is 41.8 Å². The minimum Gasteiger partial charge on any atom is -0.306 e. The number of carbonyl (C=O) groups is 1. The molecule has 4 rings (SSSR count). The largest absolute Gasteiger partial charge is 0.306 e. The van der Waals surface area contributed by atoms with Gasteiger partial charge in [0.2, 0.25) is 5.91 Å². The number of nitrogens with zero attached hydrogens (tertiary/aromatic N) is 2. The lowest BCUT2D eigenvalue weighted by atomic mass is 10.0. The highest BCUT2D eigenvalue weighted by atomic mass is 32.2. The highest BCUT2D eigenvalue weighted by Gasteiger charge is 2.49. The minimum atomic E-state index is -3.23. The van der Waals surface area contributed by atoms with Crippen molar-refractivity contribution in [3.05, 3.63) is 65.5 Å². The van der Waals surface area contributed by atoms with Gasteiger partial charge in [0, 0.05) is 18.3 Å². The van der Waals surface area contributed by atoms with E-state index < -0.39 is 15.9 Å². The fourth-order valence-electron chi connectivity index (χ4n) is 4.18. The van der Waals surface area contributed by atoms with Gasteiger partial charge >= 0.3 is 0 Å². The summed E-state index contributed by atoms with van der Waals surface area (Å²) in [6.07, 6.45) is 0.903. The summed E-state index contributed by atoms with van der Waals surface area (Å²) in [7, 11) is -3.23. The van der Waals surface area contributed by atoms with Crippen LogP contribution in [0, 0.1) is 5.82 Å². The molecule has 0 bridgehead atoms. The Balaban J connectivity index is 1.64. The number of amides is 1. The van der Waals surface area contributed by atoms with Gasteiger partial charge in [-0.25, -0.2) is 12.8 Å². The van der Waals surface area contributed by atoms with Crippen molar-refractivity contribution in [1.29, 1.82) is 0 Å². The topological polar surface area (TPSA) is 57.7 Å². The number of fused-ring (bicyclic) bond motifs is 1. The van der Waals surface area contributed by atoms with Crippen molar-refractivity contribution in [3.63, 3.8) is 0 Å². The zero-order valence-electron chi connectivity index (χ0n) is 15.7. The smallest absolute Gasteiger partial charge is 0.241 e. The predicted molar refractivity (Wildman–Crippen MR) is 106 cm³/mol. The second-order valence-electron chi connectivity index (χ2n) is 7.53. The maximum atomic E-state index is 13.2. The van der Waals surface area contributed by atoms with E-state index in [-0.39, 0.29) is 35.8 Å². The molecule has 2 aromatic carbocycles. The summed E-state index contributed by atoms with van der Waals surface area (Å²) < 4.78 is 38.0. The van der Waals surface area contributed by atoms with Crippen LogP contribution >= 0.6 is 0 Å². The maximum Gasteiger partial charge on any atom is 0.241 e. The van der Waals surface area contributed by atoms with E-state index in [1.807, 2.05) is 29.2 Å². The summed E-state index contributed by atoms with van der Waals surface area (Å²) in [5.41, 5.74) is 2.77. The first-order chi connectivity index (χ1) is 13.4. The molecule has 2 aliphatic heterocycles. The van der Waals surface area contributed by atoms with Crippen molar-refractivity contribution in [2.24, 2.45) is 0 Å².